The van der Waals surface area contributed by atoms with Crippen molar-refractivity contribution in [3.63, 3.8) is 0 Å². The third-order valence-electron chi connectivity index (χ3n) is 5.25. The number of hydrogen-bond donors (Lipinski definition) is 0. The molecular formula is C18H25ClN2O. The summed E-state index contributed by atoms with van der Waals surface area (Å²) >= 11 is 6.24. The van der Waals surface area contributed by atoms with Crippen molar-refractivity contribution >= 4 is 23.2 Å². The highest BCUT2D eigenvalue weighted by molar-refractivity contribution is 6.31. The number of fused-ring (bicyclic) bond motifs is 2. The normalized spacial score (nSPS) is 21.0. The summed E-state index contributed by atoms with van der Waals surface area (Å²) in [6.45, 7) is 9.33. The zero-order valence-electron chi connectivity index (χ0n) is 13.7. The first kappa shape index (κ1) is 15.8. The fourth-order valence-electron chi connectivity index (χ4n) is 3.96. The summed E-state index contributed by atoms with van der Waals surface area (Å²) in [5.41, 5.74) is 1.89. The van der Waals surface area contributed by atoms with Crippen LogP contribution in [0.3, 0.4) is 0 Å². The van der Waals surface area contributed by atoms with Crippen LogP contribution in [0.15, 0.2) is 18.2 Å². The topological polar surface area (TPSA) is 23.6 Å². The van der Waals surface area contributed by atoms with Crippen LogP contribution in [0.25, 0.3) is 0 Å². The Bertz CT molecular complexity index is 576. The van der Waals surface area contributed by atoms with E-state index in [4.69, 9.17) is 11.6 Å². The van der Waals surface area contributed by atoms with Gasteiger partial charge in [0.05, 0.1) is 5.41 Å². The lowest BCUT2D eigenvalue weighted by Gasteiger charge is -2.40. The molecule has 0 radical (unpaired) electrons. The van der Waals surface area contributed by atoms with Crippen molar-refractivity contribution in [1.29, 1.82) is 0 Å². The quantitative estimate of drug-likeness (QED) is 0.845. The maximum Gasteiger partial charge on any atom is 0.237 e. The first-order valence-electron chi connectivity index (χ1n) is 8.35. The molecule has 2 heterocycles. The second-order valence-corrected chi connectivity index (χ2v) is 7.27. The van der Waals surface area contributed by atoms with E-state index in [9.17, 15) is 4.79 Å². The van der Waals surface area contributed by atoms with Crippen molar-refractivity contribution in [2.24, 2.45) is 0 Å². The molecule has 0 aromatic heterocycles. The summed E-state index contributed by atoms with van der Waals surface area (Å²) in [7, 11) is 0. The fourth-order valence-corrected chi connectivity index (χ4v) is 4.13. The predicted octanol–water partition coefficient (Wildman–Crippen LogP) is 3.84. The molecule has 0 unspecified atom stereocenters. The van der Waals surface area contributed by atoms with Crippen LogP contribution in [0, 0.1) is 0 Å². The second-order valence-electron chi connectivity index (χ2n) is 6.83. The number of anilines is 1. The van der Waals surface area contributed by atoms with Gasteiger partial charge in [-0.1, -0.05) is 18.5 Å². The summed E-state index contributed by atoms with van der Waals surface area (Å²) in [6.07, 6.45) is 2.77. The number of nitrogens with zero attached hydrogens (tertiary/aromatic N) is 2. The molecule has 1 spiro atoms. The van der Waals surface area contributed by atoms with Crippen LogP contribution < -0.4 is 4.90 Å². The highest BCUT2D eigenvalue weighted by atomic mass is 35.5. The molecule has 0 bridgehead atoms. The predicted molar refractivity (Wildman–Crippen MR) is 91.7 cm³/mol. The van der Waals surface area contributed by atoms with Crippen molar-refractivity contribution in [2.75, 3.05) is 24.5 Å². The molecule has 1 aromatic carbocycles. The SMILES string of the molecule is CCCN1C(=O)C2(CCN(C(C)C)CC2)c2cc(Cl)ccc21. The molecule has 120 valence electrons. The number of carbonyl (C=O) groups is 1. The molecule has 0 N–H and O–H groups in total. The van der Waals surface area contributed by atoms with Gasteiger partial charge in [0.15, 0.2) is 0 Å². The van der Waals surface area contributed by atoms with E-state index in [2.05, 4.69) is 25.7 Å². The van der Waals surface area contributed by atoms with Crippen molar-refractivity contribution in [3.05, 3.63) is 28.8 Å². The molecule has 0 atom stereocenters. The lowest BCUT2D eigenvalue weighted by Crippen LogP contribution is -2.50. The van der Waals surface area contributed by atoms with Gasteiger partial charge in [0.2, 0.25) is 5.91 Å². The van der Waals surface area contributed by atoms with Gasteiger partial charge in [-0.15, -0.1) is 0 Å². The Labute approximate surface area is 138 Å². The fraction of sp³-hybridized carbons (Fsp3) is 0.611. The van der Waals surface area contributed by atoms with E-state index in [-0.39, 0.29) is 11.3 Å². The number of hydrogen-bond acceptors (Lipinski definition) is 2. The van der Waals surface area contributed by atoms with Gasteiger partial charge in [-0.05, 0) is 70.0 Å². The summed E-state index contributed by atoms with van der Waals surface area (Å²) in [5, 5.41) is 0.732. The van der Waals surface area contributed by atoms with E-state index in [0.29, 0.717) is 6.04 Å². The average Bonchev–Trinajstić information content (AvgIpc) is 2.71. The Morgan fingerprint density at radius 3 is 2.55 bits per heavy atom. The minimum Gasteiger partial charge on any atom is -0.311 e. The molecule has 3 nitrogen and oxygen atoms in total. The first-order valence-corrected chi connectivity index (χ1v) is 8.73. The van der Waals surface area contributed by atoms with Gasteiger partial charge in [0, 0.05) is 23.3 Å². The summed E-state index contributed by atoms with van der Waals surface area (Å²) in [4.78, 5) is 17.6. The molecule has 3 rings (SSSR count). The van der Waals surface area contributed by atoms with Crippen LogP contribution >= 0.6 is 11.6 Å². The van der Waals surface area contributed by atoms with E-state index in [1.54, 1.807) is 0 Å². The molecular weight excluding hydrogens is 296 g/mol. The highest BCUT2D eigenvalue weighted by Crippen LogP contribution is 2.48. The molecule has 1 amide bonds. The molecule has 22 heavy (non-hydrogen) atoms. The standard InChI is InChI=1S/C18H25ClN2O/c1-4-9-21-16-6-5-14(19)12-15(16)18(17(21)22)7-10-20(11-8-18)13(2)3/h5-6,12-13H,4,7-11H2,1-3H3. The van der Waals surface area contributed by atoms with E-state index in [1.165, 1.54) is 0 Å². The number of amides is 1. The van der Waals surface area contributed by atoms with Crippen LogP contribution in [0.5, 0.6) is 0 Å². The molecule has 1 saturated heterocycles. The molecule has 0 saturated carbocycles. The van der Waals surface area contributed by atoms with Crippen LogP contribution in [-0.4, -0.2) is 36.5 Å². The highest BCUT2D eigenvalue weighted by Gasteiger charge is 2.51. The molecule has 1 aromatic rings. The number of carbonyl (C=O) groups excluding carboxylic acids is 1. The third kappa shape index (κ3) is 2.35. The van der Waals surface area contributed by atoms with Crippen LogP contribution in [-0.2, 0) is 10.2 Å². The Morgan fingerprint density at radius 1 is 1.27 bits per heavy atom. The van der Waals surface area contributed by atoms with Crippen molar-refractivity contribution in [2.45, 2.75) is 51.5 Å². The Hall–Kier alpha value is -1.06. The summed E-state index contributed by atoms with van der Waals surface area (Å²) < 4.78 is 0. The lowest BCUT2D eigenvalue weighted by atomic mass is 9.73. The first-order chi connectivity index (χ1) is 10.5. The average molecular weight is 321 g/mol. The van der Waals surface area contributed by atoms with Crippen molar-refractivity contribution in [1.82, 2.24) is 4.90 Å². The maximum absolute atomic E-state index is 13.2. The van der Waals surface area contributed by atoms with E-state index in [0.717, 1.165) is 55.2 Å². The number of piperidine rings is 1. The van der Waals surface area contributed by atoms with E-state index >= 15 is 0 Å². The minimum absolute atomic E-state index is 0.287. The Kier molecular flexibility index (Phi) is 4.21. The maximum atomic E-state index is 13.2. The number of benzene rings is 1. The zero-order chi connectivity index (χ0) is 15.9. The number of halogens is 1. The van der Waals surface area contributed by atoms with Gasteiger partial charge in [0.1, 0.15) is 0 Å². The van der Waals surface area contributed by atoms with Gasteiger partial charge in [-0.25, -0.2) is 0 Å². The van der Waals surface area contributed by atoms with Crippen LogP contribution in [0.2, 0.25) is 5.02 Å². The molecule has 1 fully saturated rings. The lowest BCUT2D eigenvalue weighted by molar-refractivity contribution is -0.125. The van der Waals surface area contributed by atoms with Gasteiger partial charge in [-0.2, -0.15) is 0 Å². The molecule has 0 aliphatic carbocycles. The second kappa shape index (κ2) is 5.86. The van der Waals surface area contributed by atoms with Crippen molar-refractivity contribution in [3.8, 4) is 0 Å². The summed E-state index contributed by atoms with van der Waals surface area (Å²) in [5.74, 6) is 0.287. The van der Waals surface area contributed by atoms with E-state index in [1.807, 2.05) is 23.1 Å². The van der Waals surface area contributed by atoms with Crippen LogP contribution in [0.1, 0.15) is 45.6 Å². The molecule has 4 heteroatoms. The third-order valence-corrected chi connectivity index (χ3v) is 5.48. The molecule has 2 aliphatic rings. The molecule has 2 aliphatic heterocycles. The van der Waals surface area contributed by atoms with Gasteiger partial charge in [0.25, 0.3) is 0 Å². The van der Waals surface area contributed by atoms with Gasteiger partial charge >= 0.3 is 0 Å². The summed E-state index contributed by atoms with van der Waals surface area (Å²) in [6, 6.07) is 6.49. The number of likely N-dealkylation sites (tertiary alicyclic amines) is 1. The largest absolute Gasteiger partial charge is 0.311 e. The minimum atomic E-state index is -0.346. The van der Waals surface area contributed by atoms with Gasteiger partial charge in [-0.3, -0.25) is 4.79 Å². The zero-order valence-corrected chi connectivity index (χ0v) is 14.5. The monoisotopic (exact) mass is 320 g/mol. The Balaban J connectivity index is 1.99. The van der Waals surface area contributed by atoms with Crippen molar-refractivity contribution < 1.29 is 4.79 Å². The van der Waals surface area contributed by atoms with Crippen LogP contribution in [0.4, 0.5) is 5.69 Å². The smallest absolute Gasteiger partial charge is 0.237 e. The number of rotatable bonds is 3. The Morgan fingerprint density at radius 2 is 1.95 bits per heavy atom. The van der Waals surface area contributed by atoms with Gasteiger partial charge < -0.3 is 9.80 Å². The van der Waals surface area contributed by atoms with E-state index < -0.39 is 0 Å².